The lowest BCUT2D eigenvalue weighted by molar-refractivity contribution is 0.906. The summed E-state index contributed by atoms with van der Waals surface area (Å²) in [5, 5.41) is 9.79. The predicted molar refractivity (Wildman–Crippen MR) is 74.2 cm³/mol. The zero-order valence-electron chi connectivity index (χ0n) is 10.1. The average molecular weight is 258 g/mol. The van der Waals surface area contributed by atoms with Crippen molar-refractivity contribution < 1.29 is 0 Å². The van der Waals surface area contributed by atoms with Crippen molar-refractivity contribution >= 4 is 22.9 Å². The fourth-order valence-electron chi connectivity index (χ4n) is 1.86. The van der Waals surface area contributed by atoms with Gasteiger partial charge < -0.3 is 5.32 Å². The van der Waals surface area contributed by atoms with Crippen LogP contribution < -0.4 is 5.32 Å². The van der Waals surface area contributed by atoms with Crippen molar-refractivity contribution in [2.45, 2.75) is 13.3 Å². The smallest absolute Gasteiger partial charge is 0.243 e. The van der Waals surface area contributed by atoms with E-state index in [9.17, 15) is 0 Å². The molecule has 0 fully saturated rings. The highest BCUT2D eigenvalue weighted by atomic mass is 32.1. The lowest BCUT2D eigenvalue weighted by Crippen LogP contribution is -2.05. The van der Waals surface area contributed by atoms with E-state index in [4.69, 9.17) is 0 Å². The third kappa shape index (κ3) is 2.22. The van der Waals surface area contributed by atoms with Gasteiger partial charge in [-0.3, -0.25) is 0 Å². The molecular formula is C13H14N4S. The molecule has 3 aromatic heterocycles. The largest absolute Gasteiger partial charge is 0.353 e. The van der Waals surface area contributed by atoms with Crippen LogP contribution >= 0.6 is 11.3 Å². The molecule has 5 heteroatoms. The Morgan fingerprint density at radius 2 is 2.22 bits per heavy atom. The number of aromatic nitrogens is 3. The van der Waals surface area contributed by atoms with Crippen LogP contribution in [0, 0.1) is 6.92 Å². The summed E-state index contributed by atoms with van der Waals surface area (Å²) in [5.41, 5.74) is 1.97. The first-order chi connectivity index (χ1) is 8.83. The van der Waals surface area contributed by atoms with Gasteiger partial charge >= 0.3 is 0 Å². The van der Waals surface area contributed by atoms with Crippen LogP contribution in [0.2, 0.25) is 0 Å². The molecule has 0 aliphatic carbocycles. The first kappa shape index (κ1) is 11.2. The van der Waals surface area contributed by atoms with E-state index in [1.54, 1.807) is 11.3 Å². The zero-order valence-corrected chi connectivity index (χ0v) is 10.9. The first-order valence-corrected chi connectivity index (χ1v) is 6.79. The lowest BCUT2D eigenvalue weighted by Gasteiger charge is -1.99. The van der Waals surface area contributed by atoms with Gasteiger partial charge in [-0.25, -0.2) is 4.52 Å². The van der Waals surface area contributed by atoms with Crippen molar-refractivity contribution in [1.29, 1.82) is 0 Å². The Labute approximate surface area is 109 Å². The molecule has 4 nitrogen and oxygen atoms in total. The maximum Gasteiger partial charge on any atom is 0.243 e. The topological polar surface area (TPSA) is 42.2 Å². The second-order valence-corrected chi connectivity index (χ2v) is 5.16. The maximum absolute atomic E-state index is 4.44. The minimum Gasteiger partial charge on any atom is -0.353 e. The van der Waals surface area contributed by atoms with Crippen LogP contribution in [0.4, 0.5) is 5.95 Å². The number of aryl methyl sites for hydroxylation is 1. The molecule has 1 N–H and O–H groups in total. The Balaban J connectivity index is 1.69. The van der Waals surface area contributed by atoms with Crippen molar-refractivity contribution in [3.8, 4) is 0 Å². The number of rotatable bonds is 4. The van der Waals surface area contributed by atoms with Gasteiger partial charge in [0.15, 0.2) is 5.65 Å². The Bertz CT molecular complexity index is 642. The molecular weight excluding hydrogens is 244 g/mol. The average Bonchev–Trinajstić information content (AvgIpc) is 2.98. The number of nitrogens with zero attached hydrogens (tertiary/aromatic N) is 3. The summed E-state index contributed by atoms with van der Waals surface area (Å²) in [4.78, 5) is 5.81. The van der Waals surface area contributed by atoms with Gasteiger partial charge in [-0.15, -0.1) is 16.4 Å². The van der Waals surface area contributed by atoms with Gasteiger partial charge in [0.1, 0.15) is 0 Å². The van der Waals surface area contributed by atoms with Crippen LogP contribution in [0.15, 0.2) is 35.7 Å². The van der Waals surface area contributed by atoms with Crippen LogP contribution in [0.1, 0.15) is 10.6 Å². The molecule has 0 aliphatic rings. The Morgan fingerprint density at radius 3 is 3.00 bits per heavy atom. The van der Waals surface area contributed by atoms with Crippen LogP contribution in [0.3, 0.4) is 0 Å². The summed E-state index contributed by atoms with van der Waals surface area (Å²) >= 11 is 1.78. The molecule has 3 rings (SSSR count). The molecule has 0 atom stereocenters. The summed E-state index contributed by atoms with van der Waals surface area (Å²) in [6, 6.07) is 10.2. The Hall–Kier alpha value is -1.88. The molecule has 0 amide bonds. The fourth-order valence-corrected chi connectivity index (χ4v) is 2.57. The van der Waals surface area contributed by atoms with Crippen molar-refractivity contribution in [2.24, 2.45) is 0 Å². The molecule has 0 saturated heterocycles. The Morgan fingerprint density at radius 1 is 1.28 bits per heavy atom. The quantitative estimate of drug-likeness (QED) is 0.782. The highest BCUT2D eigenvalue weighted by molar-refractivity contribution is 7.09. The van der Waals surface area contributed by atoms with Crippen LogP contribution in [-0.2, 0) is 6.42 Å². The number of anilines is 1. The van der Waals surface area contributed by atoms with Gasteiger partial charge in [0, 0.05) is 17.1 Å². The molecule has 0 aliphatic heterocycles. The summed E-state index contributed by atoms with van der Waals surface area (Å²) in [6.45, 7) is 2.88. The number of hydrogen-bond acceptors (Lipinski definition) is 4. The van der Waals surface area contributed by atoms with Crippen molar-refractivity contribution in [1.82, 2.24) is 14.6 Å². The maximum atomic E-state index is 4.44. The molecule has 92 valence electrons. The number of thiophene rings is 1. The van der Waals surface area contributed by atoms with Crippen LogP contribution in [-0.4, -0.2) is 21.1 Å². The minimum atomic E-state index is 0.695. The van der Waals surface area contributed by atoms with Crippen molar-refractivity contribution in [3.05, 3.63) is 46.3 Å². The second kappa shape index (κ2) is 4.78. The molecule has 0 bridgehead atoms. The van der Waals surface area contributed by atoms with E-state index < -0.39 is 0 Å². The van der Waals surface area contributed by atoms with E-state index in [1.807, 2.05) is 29.6 Å². The molecule has 0 aromatic carbocycles. The standard InChI is InChI=1S/C13H14N4S/c1-10-4-2-6-12-15-13(16-17(10)12)14-8-7-11-5-3-9-18-11/h2-6,9H,7-8H2,1H3,(H,14,16). The second-order valence-electron chi connectivity index (χ2n) is 4.13. The predicted octanol–water partition coefficient (Wildman–Crippen LogP) is 2.75. The van der Waals surface area contributed by atoms with Gasteiger partial charge in [0.05, 0.1) is 0 Å². The molecule has 3 heterocycles. The summed E-state index contributed by atoms with van der Waals surface area (Å²) in [6.07, 6.45) is 1.01. The third-order valence-corrected chi connectivity index (χ3v) is 3.72. The van der Waals surface area contributed by atoms with Gasteiger partial charge in [-0.1, -0.05) is 12.1 Å². The monoisotopic (exact) mass is 258 g/mol. The van der Waals surface area contributed by atoms with Crippen molar-refractivity contribution in [2.75, 3.05) is 11.9 Å². The molecule has 18 heavy (non-hydrogen) atoms. The number of fused-ring (bicyclic) bond motifs is 1. The highest BCUT2D eigenvalue weighted by Gasteiger charge is 2.04. The zero-order chi connectivity index (χ0) is 12.4. The highest BCUT2D eigenvalue weighted by Crippen LogP contribution is 2.10. The number of nitrogens with one attached hydrogen (secondary N) is 1. The first-order valence-electron chi connectivity index (χ1n) is 5.91. The molecule has 0 saturated carbocycles. The van der Waals surface area contributed by atoms with E-state index in [-0.39, 0.29) is 0 Å². The summed E-state index contributed by atoms with van der Waals surface area (Å²) < 4.78 is 1.85. The third-order valence-electron chi connectivity index (χ3n) is 2.78. The molecule has 0 spiro atoms. The van der Waals surface area contributed by atoms with Gasteiger partial charge in [0.2, 0.25) is 5.95 Å². The van der Waals surface area contributed by atoms with Gasteiger partial charge in [-0.05, 0) is 36.9 Å². The van der Waals surface area contributed by atoms with Crippen molar-refractivity contribution in [3.63, 3.8) is 0 Å². The SMILES string of the molecule is Cc1cccc2nc(NCCc3cccs3)nn12. The number of hydrogen-bond donors (Lipinski definition) is 1. The van der Waals surface area contributed by atoms with Crippen LogP contribution in [0.5, 0.6) is 0 Å². The van der Waals surface area contributed by atoms with Gasteiger partial charge in [0.25, 0.3) is 0 Å². The fraction of sp³-hybridized carbons (Fsp3) is 0.231. The Kier molecular flexibility index (Phi) is 2.98. The molecule has 0 unspecified atom stereocenters. The lowest BCUT2D eigenvalue weighted by atomic mass is 10.3. The molecule has 3 aromatic rings. The van der Waals surface area contributed by atoms with E-state index in [1.165, 1.54) is 4.88 Å². The number of pyridine rings is 1. The van der Waals surface area contributed by atoms with Gasteiger partial charge in [-0.2, -0.15) is 4.98 Å². The summed E-state index contributed by atoms with van der Waals surface area (Å²) in [7, 11) is 0. The van der Waals surface area contributed by atoms with E-state index in [2.05, 4.69) is 32.9 Å². The summed E-state index contributed by atoms with van der Waals surface area (Å²) in [5.74, 6) is 0.695. The van der Waals surface area contributed by atoms with E-state index in [0.29, 0.717) is 5.95 Å². The minimum absolute atomic E-state index is 0.695. The van der Waals surface area contributed by atoms with E-state index >= 15 is 0 Å². The van der Waals surface area contributed by atoms with Crippen LogP contribution in [0.25, 0.3) is 5.65 Å². The van der Waals surface area contributed by atoms with E-state index in [0.717, 1.165) is 24.3 Å². The molecule has 0 radical (unpaired) electrons. The normalized spacial score (nSPS) is 10.9.